The summed E-state index contributed by atoms with van der Waals surface area (Å²) in [5, 5.41) is 3.53. The monoisotopic (exact) mass is 431 g/mol. The zero-order valence-corrected chi connectivity index (χ0v) is 19.6. The molecule has 0 aromatic heterocycles. The van der Waals surface area contributed by atoms with E-state index in [4.69, 9.17) is 4.74 Å². The minimum absolute atomic E-state index is 0.0505. The summed E-state index contributed by atoms with van der Waals surface area (Å²) in [6, 6.07) is 0. The Morgan fingerprint density at radius 3 is 2.34 bits per heavy atom. The molecule has 29 heavy (non-hydrogen) atoms. The normalized spacial score (nSPS) is 21.1. The van der Waals surface area contributed by atoms with Crippen molar-refractivity contribution in [2.75, 3.05) is 71.8 Å². The fraction of sp³-hybridized carbons (Fsp3) is 0.950. The lowest BCUT2D eigenvalue weighted by atomic mass is 9.97. The molecule has 2 aliphatic heterocycles. The molecule has 170 valence electrons. The number of guanidine groups is 1. The predicted molar refractivity (Wildman–Crippen MR) is 119 cm³/mol. The van der Waals surface area contributed by atoms with Crippen molar-refractivity contribution in [2.45, 2.75) is 46.1 Å². The van der Waals surface area contributed by atoms with Crippen LogP contribution in [0.5, 0.6) is 0 Å². The molecule has 0 spiro atoms. The molecule has 0 atom stereocenters. The average Bonchev–Trinajstić information content (AvgIpc) is 2.70. The number of likely N-dealkylation sites (tertiary alicyclic amines) is 1. The molecule has 0 aromatic rings. The Bertz CT molecular complexity index is 595. The van der Waals surface area contributed by atoms with Crippen LogP contribution in [0.2, 0.25) is 0 Å². The highest BCUT2D eigenvalue weighted by Gasteiger charge is 2.28. The molecule has 0 amide bonds. The van der Waals surface area contributed by atoms with E-state index in [1.807, 2.05) is 13.8 Å². The number of aliphatic imine (C=N–C) groups is 1. The molecule has 2 rings (SSSR count). The third-order valence-corrected chi connectivity index (χ3v) is 7.57. The van der Waals surface area contributed by atoms with Crippen LogP contribution in [0.1, 0.15) is 40.0 Å². The standard InChI is InChI=1S/C20H41N5O3S/c1-5-8-23-9-6-19(7-10-23)17-22-20(21-4)24-11-13-25(14-12-24)29(26,27)16-15-28-18(2)3/h18-19H,5-17H2,1-4H3,(H,21,22). The first-order valence-electron chi connectivity index (χ1n) is 11.1. The molecule has 2 saturated heterocycles. The summed E-state index contributed by atoms with van der Waals surface area (Å²) in [7, 11) is -1.45. The van der Waals surface area contributed by atoms with Gasteiger partial charge in [0.05, 0.1) is 18.5 Å². The number of nitrogens with one attached hydrogen (secondary N) is 1. The van der Waals surface area contributed by atoms with Gasteiger partial charge in [0, 0.05) is 39.8 Å². The Morgan fingerprint density at radius 2 is 1.79 bits per heavy atom. The SMILES string of the molecule is CCCN1CCC(CNC(=NC)N2CCN(S(=O)(=O)CCOC(C)C)CC2)CC1. The van der Waals surface area contributed by atoms with Gasteiger partial charge in [-0.1, -0.05) is 6.92 Å². The maximum absolute atomic E-state index is 12.5. The predicted octanol–water partition coefficient (Wildman–Crippen LogP) is 1.06. The van der Waals surface area contributed by atoms with Crippen molar-refractivity contribution >= 4 is 16.0 Å². The first-order valence-corrected chi connectivity index (χ1v) is 12.7. The van der Waals surface area contributed by atoms with E-state index in [2.05, 4.69) is 27.0 Å². The first-order chi connectivity index (χ1) is 13.9. The molecule has 0 unspecified atom stereocenters. The number of hydrogen-bond acceptors (Lipinski definition) is 5. The number of piperazine rings is 1. The van der Waals surface area contributed by atoms with Crippen LogP contribution < -0.4 is 5.32 Å². The lowest BCUT2D eigenvalue weighted by molar-refractivity contribution is 0.0904. The van der Waals surface area contributed by atoms with Gasteiger partial charge in [-0.15, -0.1) is 0 Å². The van der Waals surface area contributed by atoms with Crippen molar-refractivity contribution in [3.63, 3.8) is 0 Å². The summed E-state index contributed by atoms with van der Waals surface area (Å²) >= 11 is 0. The van der Waals surface area contributed by atoms with Gasteiger partial charge in [0.1, 0.15) is 0 Å². The fourth-order valence-electron chi connectivity index (χ4n) is 3.99. The van der Waals surface area contributed by atoms with Crippen molar-refractivity contribution < 1.29 is 13.2 Å². The Labute approximate surface area is 177 Å². The van der Waals surface area contributed by atoms with Gasteiger partial charge in [-0.05, 0) is 58.7 Å². The maximum Gasteiger partial charge on any atom is 0.216 e. The topological polar surface area (TPSA) is 77.5 Å². The Kier molecular flexibility index (Phi) is 10.1. The third kappa shape index (κ3) is 8.03. The molecule has 0 bridgehead atoms. The Balaban J connectivity index is 1.73. The van der Waals surface area contributed by atoms with E-state index in [1.54, 1.807) is 11.4 Å². The van der Waals surface area contributed by atoms with Gasteiger partial charge >= 0.3 is 0 Å². The van der Waals surface area contributed by atoms with E-state index in [0.29, 0.717) is 32.1 Å². The molecule has 1 N–H and O–H groups in total. The van der Waals surface area contributed by atoms with Crippen LogP contribution in [-0.4, -0.2) is 106 Å². The average molecular weight is 432 g/mol. The highest BCUT2D eigenvalue weighted by atomic mass is 32.2. The van der Waals surface area contributed by atoms with E-state index < -0.39 is 10.0 Å². The Morgan fingerprint density at radius 1 is 1.14 bits per heavy atom. The third-order valence-electron chi connectivity index (χ3n) is 5.73. The number of piperidine rings is 1. The number of rotatable bonds is 9. The van der Waals surface area contributed by atoms with E-state index in [9.17, 15) is 8.42 Å². The zero-order valence-electron chi connectivity index (χ0n) is 18.8. The van der Waals surface area contributed by atoms with Crippen LogP contribution >= 0.6 is 0 Å². The minimum Gasteiger partial charge on any atom is -0.378 e. The van der Waals surface area contributed by atoms with Gasteiger partial charge in [0.15, 0.2) is 5.96 Å². The fourth-order valence-corrected chi connectivity index (χ4v) is 5.28. The second kappa shape index (κ2) is 12.1. The molecule has 2 heterocycles. The van der Waals surface area contributed by atoms with Crippen LogP contribution in [0.15, 0.2) is 4.99 Å². The molecule has 2 aliphatic rings. The van der Waals surface area contributed by atoms with Gasteiger partial charge < -0.3 is 19.9 Å². The minimum atomic E-state index is -3.26. The van der Waals surface area contributed by atoms with Crippen molar-refractivity contribution in [1.29, 1.82) is 0 Å². The van der Waals surface area contributed by atoms with Gasteiger partial charge in [-0.2, -0.15) is 4.31 Å². The van der Waals surface area contributed by atoms with Gasteiger partial charge in [-0.3, -0.25) is 4.99 Å². The first kappa shape index (κ1) is 24.4. The smallest absolute Gasteiger partial charge is 0.216 e. The molecule has 0 saturated carbocycles. The van der Waals surface area contributed by atoms with Crippen LogP contribution in [0.25, 0.3) is 0 Å². The van der Waals surface area contributed by atoms with E-state index in [0.717, 1.165) is 12.5 Å². The van der Waals surface area contributed by atoms with Crippen LogP contribution in [0.3, 0.4) is 0 Å². The summed E-state index contributed by atoms with van der Waals surface area (Å²) in [6.45, 7) is 13.2. The second-order valence-electron chi connectivity index (χ2n) is 8.33. The summed E-state index contributed by atoms with van der Waals surface area (Å²) in [4.78, 5) is 9.15. The Hall–Kier alpha value is -0.900. The summed E-state index contributed by atoms with van der Waals surface area (Å²) in [5.74, 6) is 1.62. The van der Waals surface area contributed by atoms with Gasteiger partial charge in [0.25, 0.3) is 0 Å². The van der Waals surface area contributed by atoms with Crippen molar-refractivity contribution in [3.8, 4) is 0 Å². The molecule has 0 aliphatic carbocycles. The van der Waals surface area contributed by atoms with Crippen LogP contribution in [0, 0.1) is 5.92 Å². The van der Waals surface area contributed by atoms with Crippen LogP contribution in [-0.2, 0) is 14.8 Å². The van der Waals surface area contributed by atoms with E-state index in [1.165, 1.54) is 38.9 Å². The van der Waals surface area contributed by atoms with Gasteiger partial charge in [0.2, 0.25) is 10.0 Å². The number of nitrogens with zero attached hydrogens (tertiary/aromatic N) is 4. The highest BCUT2D eigenvalue weighted by molar-refractivity contribution is 7.89. The second-order valence-corrected chi connectivity index (χ2v) is 10.4. The van der Waals surface area contributed by atoms with Crippen molar-refractivity contribution in [1.82, 2.24) is 19.4 Å². The van der Waals surface area contributed by atoms with Crippen LogP contribution in [0.4, 0.5) is 0 Å². The lowest BCUT2D eigenvalue weighted by Crippen LogP contribution is -2.54. The van der Waals surface area contributed by atoms with Gasteiger partial charge in [-0.25, -0.2) is 8.42 Å². The quantitative estimate of drug-likeness (QED) is 0.434. The lowest BCUT2D eigenvalue weighted by Gasteiger charge is -2.37. The number of ether oxygens (including phenoxy) is 1. The molecule has 9 heteroatoms. The highest BCUT2D eigenvalue weighted by Crippen LogP contribution is 2.17. The van der Waals surface area contributed by atoms with E-state index in [-0.39, 0.29) is 18.5 Å². The van der Waals surface area contributed by atoms with Crippen molar-refractivity contribution in [3.05, 3.63) is 0 Å². The molecule has 2 fully saturated rings. The maximum atomic E-state index is 12.5. The summed E-state index contributed by atoms with van der Waals surface area (Å²) in [5.41, 5.74) is 0. The molecule has 8 nitrogen and oxygen atoms in total. The summed E-state index contributed by atoms with van der Waals surface area (Å²) < 4.78 is 32.0. The van der Waals surface area contributed by atoms with E-state index >= 15 is 0 Å². The largest absolute Gasteiger partial charge is 0.378 e. The van der Waals surface area contributed by atoms with Crippen molar-refractivity contribution in [2.24, 2.45) is 10.9 Å². The number of sulfonamides is 1. The molecule has 0 radical (unpaired) electrons. The molecule has 0 aromatic carbocycles. The molecular weight excluding hydrogens is 390 g/mol. The summed E-state index contributed by atoms with van der Waals surface area (Å²) in [6.07, 6.45) is 3.74. The number of hydrogen-bond donors (Lipinski definition) is 1. The zero-order chi connectivity index (χ0) is 21.3. The molecular formula is C20H41N5O3S.